The highest BCUT2D eigenvalue weighted by Gasteiger charge is 2.23. The Labute approximate surface area is 91.6 Å². The van der Waals surface area contributed by atoms with E-state index in [0.29, 0.717) is 23.3 Å². The molecule has 1 aliphatic heterocycles. The van der Waals surface area contributed by atoms with Crippen molar-refractivity contribution in [2.75, 3.05) is 23.7 Å². The molecule has 0 saturated carbocycles. The van der Waals surface area contributed by atoms with Crippen molar-refractivity contribution in [3.8, 4) is 0 Å². The van der Waals surface area contributed by atoms with E-state index in [1.165, 1.54) is 0 Å². The second-order valence-electron chi connectivity index (χ2n) is 4.02. The highest BCUT2D eigenvalue weighted by Crippen LogP contribution is 2.30. The van der Waals surface area contributed by atoms with E-state index in [9.17, 15) is 5.11 Å². The zero-order valence-corrected chi connectivity index (χ0v) is 8.63. The summed E-state index contributed by atoms with van der Waals surface area (Å²) in [5.74, 6) is 0. The van der Waals surface area contributed by atoms with E-state index < -0.39 is 0 Å². The van der Waals surface area contributed by atoms with Crippen LogP contribution < -0.4 is 10.6 Å². The van der Waals surface area contributed by atoms with E-state index in [-0.39, 0.29) is 6.10 Å². The first-order chi connectivity index (χ1) is 7.75. The Morgan fingerprint density at radius 1 is 1.38 bits per heavy atom. The normalized spacial score (nSPS) is 20.8. The quantitative estimate of drug-likeness (QED) is 0.675. The molecule has 0 amide bonds. The number of aromatic nitrogens is 2. The molecule has 0 aliphatic carbocycles. The summed E-state index contributed by atoms with van der Waals surface area (Å²) < 4.78 is 4.70. The minimum atomic E-state index is -0.271. The number of β-amino-alcohol motifs (C(OH)–C–C–N with tert-alkyl or cyclic N) is 1. The molecule has 1 aromatic carbocycles. The Balaban J connectivity index is 2.10. The molecule has 0 spiro atoms. The molecule has 2 heterocycles. The molecule has 3 rings (SSSR count). The van der Waals surface area contributed by atoms with Crippen LogP contribution in [0.1, 0.15) is 6.42 Å². The Morgan fingerprint density at radius 3 is 2.94 bits per heavy atom. The van der Waals surface area contributed by atoms with E-state index in [2.05, 4.69) is 15.2 Å². The van der Waals surface area contributed by atoms with Crippen LogP contribution in [0.2, 0.25) is 0 Å². The molecule has 1 aliphatic rings. The van der Waals surface area contributed by atoms with Crippen molar-refractivity contribution in [1.29, 1.82) is 0 Å². The summed E-state index contributed by atoms with van der Waals surface area (Å²) in [5.41, 5.74) is 8.48. The number of aliphatic hydroxyl groups excluding tert-OH is 1. The Bertz CT molecular complexity index is 525. The first kappa shape index (κ1) is 9.41. The highest BCUT2D eigenvalue weighted by atomic mass is 16.6. The van der Waals surface area contributed by atoms with Gasteiger partial charge in [0.05, 0.1) is 17.5 Å². The molecule has 6 heteroatoms. The van der Waals surface area contributed by atoms with Crippen LogP contribution in [0.25, 0.3) is 11.0 Å². The van der Waals surface area contributed by atoms with Gasteiger partial charge in [-0.2, -0.15) is 0 Å². The summed E-state index contributed by atoms with van der Waals surface area (Å²) in [4.78, 5) is 2.07. The van der Waals surface area contributed by atoms with Crippen molar-refractivity contribution in [3.63, 3.8) is 0 Å². The second kappa shape index (κ2) is 3.34. The zero-order valence-electron chi connectivity index (χ0n) is 8.63. The first-order valence-electron chi connectivity index (χ1n) is 5.19. The second-order valence-corrected chi connectivity index (χ2v) is 4.02. The molecular weight excluding hydrogens is 208 g/mol. The van der Waals surface area contributed by atoms with Gasteiger partial charge in [0.1, 0.15) is 0 Å². The monoisotopic (exact) mass is 220 g/mol. The van der Waals surface area contributed by atoms with Gasteiger partial charge in [-0.3, -0.25) is 0 Å². The topological polar surface area (TPSA) is 88.4 Å². The number of rotatable bonds is 1. The van der Waals surface area contributed by atoms with Crippen LogP contribution in [0, 0.1) is 0 Å². The molecule has 6 nitrogen and oxygen atoms in total. The molecule has 1 unspecified atom stereocenters. The summed E-state index contributed by atoms with van der Waals surface area (Å²) in [6, 6.07) is 3.67. The molecule has 1 saturated heterocycles. The molecule has 3 N–H and O–H groups in total. The summed E-state index contributed by atoms with van der Waals surface area (Å²) in [6.45, 7) is 1.43. The SMILES string of the molecule is Nc1ccc(N2CCC(O)C2)c2nonc12. The lowest BCUT2D eigenvalue weighted by Crippen LogP contribution is -2.21. The number of hydrogen-bond acceptors (Lipinski definition) is 6. The fourth-order valence-electron chi connectivity index (χ4n) is 2.09. The van der Waals surface area contributed by atoms with Gasteiger partial charge in [0, 0.05) is 13.1 Å². The Hall–Kier alpha value is -1.82. The van der Waals surface area contributed by atoms with Gasteiger partial charge in [0.2, 0.25) is 0 Å². The van der Waals surface area contributed by atoms with Crippen LogP contribution >= 0.6 is 0 Å². The van der Waals surface area contributed by atoms with E-state index in [1.54, 1.807) is 6.07 Å². The highest BCUT2D eigenvalue weighted by molar-refractivity contribution is 5.95. The smallest absolute Gasteiger partial charge is 0.160 e. The number of nitrogens with two attached hydrogens (primary N) is 1. The molecule has 1 aromatic heterocycles. The average Bonchev–Trinajstić information content (AvgIpc) is 2.87. The standard InChI is InChI=1S/C10H12N4O2/c11-7-1-2-8(10-9(7)12-16-13-10)14-4-3-6(15)5-14/h1-2,6,15H,3-5,11H2. The number of nitrogen functional groups attached to an aromatic ring is 1. The molecule has 0 bridgehead atoms. The molecule has 2 aromatic rings. The van der Waals surface area contributed by atoms with E-state index in [4.69, 9.17) is 10.4 Å². The minimum Gasteiger partial charge on any atom is -0.397 e. The predicted molar refractivity (Wildman–Crippen MR) is 59.1 cm³/mol. The third-order valence-electron chi connectivity index (χ3n) is 2.93. The summed E-state index contributed by atoms with van der Waals surface area (Å²) in [5, 5.41) is 17.1. The molecule has 84 valence electrons. The Kier molecular flexibility index (Phi) is 1.97. The predicted octanol–water partition coefficient (Wildman–Crippen LogP) is 0.376. The Morgan fingerprint density at radius 2 is 2.19 bits per heavy atom. The first-order valence-corrected chi connectivity index (χ1v) is 5.19. The van der Waals surface area contributed by atoms with Gasteiger partial charge >= 0.3 is 0 Å². The zero-order chi connectivity index (χ0) is 11.1. The van der Waals surface area contributed by atoms with Gasteiger partial charge < -0.3 is 15.7 Å². The molecule has 1 atom stereocenters. The number of nitrogens with zero attached hydrogens (tertiary/aromatic N) is 3. The van der Waals surface area contributed by atoms with Crippen molar-refractivity contribution in [3.05, 3.63) is 12.1 Å². The number of fused-ring (bicyclic) bond motifs is 1. The minimum absolute atomic E-state index is 0.271. The van der Waals surface area contributed by atoms with Crippen LogP contribution in [-0.4, -0.2) is 34.6 Å². The largest absolute Gasteiger partial charge is 0.397 e. The van der Waals surface area contributed by atoms with E-state index in [1.807, 2.05) is 6.07 Å². The third-order valence-corrected chi connectivity index (χ3v) is 2.93. The van der Waals surface area contributed by atoms with Gasteiger partial charge in [-0.05, 0) is 28.9 Å². The molecule has 1 fully saturated rings. The van der Waals surface area contributed by atoms with Crippen LogP contribution in [0.4, 0.5) is 11.4 Å². The fourth-order valence-corrected chi connectivity index (χ4v) is 2.09. The van der Waals surface area contributed by atoms with Crippen LogP contribution in [0.5, 0.6) is 0 Å². The molecule has 0 radical (unpaired) electrons. The van der Waals surface area contributed by atoms with Crippen molar-refractivity contribution in [2.24, 2.45) is 0 Å². The lowest BCUT2D eigenvalue weighted by Gasteiger charge is -2.17. The lowest BCUT2D eigenvalue weighted by molar-refractivity contribution is 0.198. The lowest BCUT2D eigenvalue weighted by atomic mass is 10.2. The van der Waals surface area contributed by atoms with Crippen LogP contribution in [0.15, 0.2) is 16.8 Å². The third kappa shape index (κ3) is 1.30. The summed E-state index contributed by atoms with van der Waals surface area (Å²) in [7, 11) is 0. The van der Waals surface area contributed by atoms with Crippen molar-refractivity contribution >= 4 is 22.4 Å². The van der Waals surface area contributed by atoms with Gasteiger partial charge in [0.15, 0.2) is 11.0 Å². The maximum Gasteiger partial charge on any atom is 0.160 e. The van der Waals surface area contributed by atoms with Crippen molar-refractivity contribution < 1.29 is 9.74 Å². The molecular formula is C10H12N4O2. The maximum absolute atomic E-state index is 9.51. The summed E-state index contributed by atoms with van der Waals surface area (Å²) >= 11 is 0. The maximum atomic E-state index is 9.51. The van der Waals surface area contributed by atoms with Crippen LogP contribution in [-0.2, 0) is 0 Å². The van der Waals surface area contributed by atoms with Crippen molar-refractivity contribution in [1.82, 2.24) is 10.3 Å². The number of aliphatic hydroxyl groups is 1. The van der Waals surface area contributed by atoms with Crippen LogP contribution in [0.3, 0.4) is 0 Å². The van der Waals surface area contributed by atoms with E-state index in [0.717, 1.165) is 18.7 Å². The van der Waals surface area contributed by atoms with Gasteiger partial charge in [-0.1, -0.05) is 0 Å². The number of hydrogen-bond donors (Lipinski definition) is 2. The summed E-state index contributed by atoms with van der Waals surface area (Å²) in [6.07, 6.45) is 0.504. The number of benzene rings is 1. The number of anilines is 2. The fraction of sp³-hybridized carbons (Fsp3) is 0.400. The molecule has 16 heavy (non-hydrogen) atoms. The van der Waals surface area contributed by atoms with E-state index >= 15 is 0 Å². The van der Waals surface area contributed by atoms with Crippen molar-refractivity contribution in [2.45, 2.75) is 12.5 Å². The van der Waals surface area contributed by atoms with Gasteiger partial charge in [-0.25, -0.2) is 4.63 Å². The van der Waals surface area contributed by atoms with Gasteiger partial charge in [-0.15, -0.1) is 0 Å². The average molecular weight is 220 g/mol. The van der Waals surface area contributed by atoms with Gasteiger partial charge in [0.25, 0.3) is 0 Å².